The summed E-state index contributed by atoms with van der Waals surface area (Å²) in [7, 11) is 2.78. The molecule has 15 nitrogen and oxygen atoms in total. The molecule has 72 heavy (non-hydrogen) atoms. The van der Waals surface area contributed by atoms with Crippen LogP contribution in [-0.2, 0) is 62.4 Å². The lowest BCUT2D eigenvalue weighted by molar-refractivity contribution is -0.128. The van der Waals surface area contributed by atoms with E-state index >= 15 is 0 Å². The summed E-state index contributed by atoms with van der Waals surface area (Å²) in [6, 6.07) is 28.0. The number of hydrogen-bond acceptors (Lipinski definition) is 11. The van der Waals surface area contributed by atoms with E-state index in [1.807, 2.05) is 77.7 Å². The Bertz CT molecular complexity index is 2700. The molecule has 4 amide bonds. The van der Waals surface area contributed by atoms with Crippen molar-refractivity contribution in [3.8, 4) is 0 Å². The Labute approximate surface area is 440 Å². The third-order valence-corrected chi connectivity index (χ3v) is 15.3. The Morgan fingerprint density at radius 2 is 0.972 bits per heavy atom. The third-order valence-electron chi connectivity index (χ3n) is 15.3. The first kappa shape index (κ1) is 55.1. The monoisotopic (exact) mass is 1030 g/mol. The number of nitrogens with zero attached hydrogens (tertiary/aromatic N) is 4. The Hall–Kier alpha value is -6.21. The topological polar surface area (TPSA) is 197 Å². The van der Waals surface area contributed by atoms with Crippen LogP contribution >= 0.6 is 40.5 Å². The van der Waals surface area contributed by atoms with Crippen LogP contribution in [0.1, 0.15) is 103 Å². The van der Waals surface area contributed by atoms with Gasteiger partial charge in [0.05, 0.1) is 41.6 Å². The third kappa shape index (κ3) is 10.8. The fourth-order valence-corrected chi connectivity index (χ4v) is 11.3. The quantitative estimate of drug-likeness (QED) is 0.0963. The van der Waals surface area contributed by atoms with Gasteiger partial charge in [-0.1, -0.05) is 30.3 Å². The van der Waals surface area contributed by atoms with Crippen LogP contribution in [0.3, 0.4) is 0 Å². The first-order chi connectivity index (χ1) is 33.4. The zero-order valence-electron chi connectivity index (χ0n) is 40.4. The molecule has 3 fully saturated rings. The summed E-state index contributed by atoms with van der Waals surface area (Å²) in [4.78, 5) is 85.3. The van der Waals surface area contributed by atoms with Crippen molar-refractivity contribution in [3.63, 3.8) is 0 Å². The zero-order chi connectivity index (χ0) is 48.3. The van der Waals surface area contributed by atoms with Gasteiger partial charge in [0.15, 0.2) is 0 Å². The van der Waals surface area contributed by atoms with Gasteiger partial charge in [0.1, 0.15) is 11.6 Å². The smallest absolute Gasteiger partial charge is 0.337 e. The average Bonchev–Trinajstić information content (AvgIpc) is 4.02. The number of anilines is 2. The van der Waals surface area contributed by atoms with Crippen molar-refractivity contribution in [2.45, 2.75) is 77.0 Å². The van der Waals surface area contributed by atoms with Crippen LogP contribution in [0.2, 0.25) is 0 Å². The Balaban J connectivity index is 0.000000175. The highest BCUT2D eigenvalue weighted by molar-refractivity contribution is 7.59. The number of carbonyl (C=O) groups is 6. The lowest BCUT2D eigenvalue weighted by atomic mass is 9.70. The van der Waals surface area contributed by atoms with Gasteiger partial charge in [-0.05, 0) is 171 Å². The Morgan fingerprint density at radius 3 is 1.36 bits per heavy atom. The minimum Gasteiger partial charge on any atom is -0.465 e. The van der Waals surface area contributed by atoms with E-state index in [9.17, 15) is 28.8 Å². The molecule has 0 bridgehead atoms. The molecule has 5 aromatic rings. The zero-order valence-corrected chi connectivity index (χ0v) is 43.4. The van der Waals surface area contributed by atoms with E-state index in [1.54, 1.807) is 41.0 Å². The van der Waals surface area contributed by atoms with Gasteiger partial charge in [0.25, 0.3) is 5.91 Å². The van der Waals surface area contributed by atoms with Gasteiger partial charge in [0, 0.05) is 37.6 Å². The van der Waals surface area contributed by atoms with Gasteiger partial charge in [0.2, 0.25) is 17.7 Å². The summed E-state index contributed by atoms with van der Waals surface area (Å²) in [5.74, 6) is 0.823. The number of amides is 4. The lowest BCUT2D eigenvalue weighted by Crippen LogP contribution is -2.39. The summed E-state index contributed by atoms with van der Waals surface area (Å²) >= 11 is 0. The maximum absolute atomic E-state index is 13.1. The number of benzene rings is 3. The van der Waals surface area contributed by atoms with E-state index < -0.39 is 5.91 Å². The molecular formula is C54H62N6O9S3. The molecule has 5 heterocycles. The number of aryl methyl sites for hydroxylation is 3. The highest BCUT2D eigenvalue weighted by Gasteiger charge is 2.50. The van der Waals surface area contributed by atoms with Gasteiger partial charge >= 0.3 is 11.9 Å². The van der Waals surface area contributed by atoms with Crippen molar-refractivity contribution in [1.82, 2.24) is 20.8 Å². The molecule has 2 aromatic heterocycles. The molecule has 3 spiro atoms. The molecule has 18 heteroatoms. The number of fused-ring (bicyclic) bond motifs is 3. The molecule has 380 valence electrons. The van der Waals surface area contributed by atoms with Crippen LogP contribution in [0.5, 0.6) is 0 Å². The number of rotatable bonds is 5. The maximum Gasteiger partial charge on any atom is 0.337 e. The SMILES string of the molecule is COC(=O)c1ccc2c(c1)CC[C@@]1(CCN(c3ccccn3)C1=O)C2.COC(=O)c1ccc2c(c1)CC[C@@]1(CCNC1=O)C2.O=C(NO)c1ccc2c(c1)CC[C@@]1(CCN(c3ccccn3)C1=O)C2.S.S.S. The van der Waals surface area contributed by atoms with E-state index in [0.29, 0.717) is 42.0 Å². The van der Waals surface area contributed by atoms with E-state index in [1.165, 1.54) is 25.3 Å². The number of hydrogen-bond donors (Lipinski definition) is 3. The molecule has 6 aliphatic rings. The number of carbonyl (C=O) groups excluding carboxylic acids is 6. The minimum atomic E-state index is -0.513. The number of pyridine rings is 2. The number of nitrogens with one attached hydrogen (secondary N) is 2. The molecule has 11 rings (SSSR count). The van der Waals surface area contributed by atoms with Crippen molar-refractivity contribution in [3.05, 3.63) is 153 Å². The predicted molar refractivity (Wildman–Crippen MR) is 286 cm³/mol. The Morgan fingerprint density at radius 1 is 0.556 bits per heavy atom. The first-order valence-corrected chi connectivity index (χ1v) is 23.6. The second-order valence-electron chi connectivity index (χ2n) is 19.0. The van der Waals surface area contributed by atoms with E-state index in [4.69, 9.17) is 14.7 Å². The van der Waals surface area contributed by atoms with Crippen molar-refractivity contribution in [2.24, 2.45) is 16.2 Å². The van der Waals surface area contributed by atoms with Gasteiger partial charge in [-0.15, -0.1) is 0 Å². The normalized spacial score (nSPS) is 22.0. The van der Waals surface area contributed by atoms with Crippen LogP contribution in [0, 0.1) is 16.2 Å². The largest absolute Gasteiger partial charge is 0.465 e. The summed E-state index contributed by atoms with van der Waals surface area (Å²) in [5.41, 5.74) is 9.21. The highest BCUT2D eigenvalue weighted by Crippen LogP contribution is 2.47. The fourth-order valence-electron chi connectivity index (χ4n) is 11.3. The molecule has 3 aliphatic carbocycles. The highest BCUT2D eigenvalue weighted by atomic mass is 32.1. The molecule has 0 saturated carbocycles. The van der Waals surface area contributed by atoms with E-state index in [2.05, 4.69) is 15.3 Å². The van der Waals surface area contributed by atoms with Crippen molar-refractivity contribution in [1.29, 1.82) is 0 Å². The molecule has 3 saturated heterocycles. The van der Waals surface area contributed by atoms with Gasteiger partial charge < -0.3 is 14.8 Å². The summed E-state index contributed by atoms with van der Waals surface area (Å²) in [5, 5.41) is 11.7. The van der Waals surface area contributed by atoms with E-state index in [-0.39, 0.29) is 86.4 Å². The first-order valence-electron chi connectivity index (χ1n) is 23.6. The lowest BCUT2D eigenvalue weighted by Gasteiger charge is -2.33. The van der Waals surface area contributed by atoms with Crippen LogP contribution in [0.25, 0.3) is 0 Å². The molecule has 3 aliphatic heterocycles. The molecule has 3 atom stereocenters. The van der Waals surface area contributed by atoms with Crippen LogP contribution in [-0.4, -0.2) is 84.6 Å². The van der Waals surface area contributed by atoms with Crippen molar-refractivity contribution < 1.29 is 43.4 Å². The summed E-state index contributed by atoms with van der Waals surface area (Å²) in [6.07, 6.45) is 13.1. The number of esters is 2. The molecule has 3 N–H and O–H groups in total. The molecule has 3 aromatic carbocycles. The van der Waals surface area contributed by atoms with Crippen molar-refractivity contribution in [2.75, 3.05) is 43.7 Å². The maximum atomic E-state index is 13.1. The molecule has 0 radical (unpaired) electrons. The fraction of sp³-hybridized carbons (Fsp3) is 0.370. The average molecular weight is 1040 g/mol. The Kier molecular flexibility index (Phi) is 17.7. The summed E-state index contributed by atoms with van der Waals surface area (Å²) in [6.45, 7) is 2.19. The number of methoxy groups -OCH3 is 2. The number of aromatic nitrogens is 2. The number of hydroxylamine groups is 1. The minimum absolute atomic E-state index is 0. The second kappa shape index (κ2) is 23.1. The molecular weight excluding hydrogens is 973 g/mol. The van der Waals surface area contributed by atoms with Crippen LogP contribution < -0.4 is 20.6 Å². The van der Waals surface area contributed by atoms with Gasteiger partial charge in [-0.3, -0.25) is 34.2 Å². The van der Waals surface area contributed by atoms with Crippen molar-refractivity contribution >= 4 is 87.7 Å². The molecule has 0 unspecified atom stereocenters. The second-order valence-corrected chi connectivity index (χ2v) is 19.0. The number of ether oxygens (including phenoxy) is 2. The summed E-state index contributed by atoms with van der Waals surface area (Å²) < 4.78 is 9.53. The van der Waals surface area contributed by atoms with Crippen LogP contribution in [0.15, 0.2) is 103 Å². The standard InChI is InChI=1S/C20H20N2O3.C19H19N3O3.C15H17NO3.3H2S/c1-25-18(23)15-5-6-16-13-20(8-7-14(16)12-15)9-11-22(19(20)24)17-4-2-3-10-21-17;23-17(21-25)14-4-5-15-12-19(7-6-13(15)11-14)8-10-22(18(19)24)16-3-1-2-9-20-16;1-19-13(17)11-2-3-12-9-15(5-4-10(12)8-11)6-7-16-14(15)18;;;/h2-6,10,12H,7-9,11,13H2,1H3;1-5,9,11,25H,6-8,10,12H2,(H,21,23);2-3,8H,4-7,9H2,1H3,(H,16,18);3*1H2/t20-;19-;15-;;;/m111.../s1. The van der Waals surface area contributed by atoms with E-state index in [0.717, 1.165) is 105 Å². The van der Waals surface area contributed by atoms with Gasteiger partial charge in [-0.25, -0.2) is 25.0 Å². The van der Waals surface area contributed by atoms with Gasteiger partial charge in [-0.2, -0.15) is 40.5 Å². The predicted octanol–water partition coefficient (Wildman–Crippen LogP) is 6.70. The van der Waals surface area contributed by atoms with Crippen LogP contribution in [0.4, 0.5) is 11.6 Å².